The number of nitrogens with two attached hydrogens (primary N) is 1. The fourth-order valence-corrected chi connectivity index (χ4v) is 0.366. The molecule has 1 nitrogen and oxygen atoms in total. The predicted molar refractivity (Wildman–Crippen MR) is 28.5 cm³/mol. The van der Waals surface area contributed by atoms with Crippen LogP contribution < -0.4 is 5.73 Å². The zero-order valence-electron chi connectivity index (χ0n) is 3.81. The van der Waals surface area contributed by atoms with Gasteiger partial charge in [-0.05, 0) is 30.3 Å². The summed E-state index contributed by atoms with van der Waals surface area (Å²) in [6, 6.07) is 10.7. The van der Waals surface area contributed by atoms with Crippen LogP contribution in [0.3, 0.4) is 0 Å². The molecule has 34 valence electrons. The van der Waals surface area contributed by atoms with Crippen LogP contribution in [0, 0.1) is 12.1 Å². The third-order valence-electron chi connectivity index (χ3n) is 0.667. The van der Waals surface area contributed by atoms with E-state index in [-0.39, 0.29) is 0 Å². The smallest absolute Gasteiger partial charge is 0.0326 e. The Labute approximate surface area is 42.8 Å². The van der Waals surface area contributed by atoms with Gasteiger partial charge in [-0.2, -0.15) is 0 Å². The summed E-state index contributed by atoms with van der Waals surface area (Å²) in [4.78, 5) is 0. The molecule has 2 N–H and O–H groups in total. The van der Waals surface area contributed by atoms with Gasteiger partial charge in [0.15, 0.2) is 0 Å². The average molecular weight is 91.1 g/mol. The molecule has 0 atom stereocenters. The van der Waals surface area contributed by atoms with Crippen molar-refractivity contribution in [1.29, 1.82) is 0 Å². The van der Waals surface area contributed by atoms with Gasteiger partial charge < -0.3 is 5.73 Å². The quantitative estimate of drug-likeness (QED) is 0.471. The highest BCUT2D eigenvalue weighted by Gasteiger charge is 1.73. The fourth-order valence-electron chi connectivity index (χ4n) is 0.366. The van der Waals surface area contributed by atoms with E-state index in [1.807, 2.05) is 0 Å². The van der Waals surface area contributed by atoms with Crippen molar-refractivity contribution in [1.82, 2.24) is 0 Å². The summed E-state index contributed by atoms with van der Waals surface area (Å²) in [5, 5.41) is 0. The molecule has 0 aromatic heterocycles. The molecule has 0 aliphatic heterocycles. The van der Waals surface area contributed by atoms with Crippen molar-refractivity contribution in [2.24, 2.45) is 0 Å². The summed E-state index contributed by atoms with van der Waals surface area (Å²) in [6.07, 6.45) is 0. The molecule has 1 aromatic carbocycles. The Balaban J connectivity index is 3.02. The maximum absolute atomic E-state index is 5.30. The monoisotopic (exact) mass is 91.0 g/mol. The van der Waals surface area contributed by atoms with Crippen LogP contribution >= 0.6 is 0 Å². The number of hydrogen-bond acceptors (Lipinski definition) is 1. The van der Waals surface area contributed by atoms with Gasteiger partial charge in [-0.25, -0.2) is 0 Å². The van der Waals surface area contributed by atoms with E-state index in [1.54, 1.807) is 18.2 Å². The molecule has 0 heterocycles. The molecule has 1 aromatic rings. The summed E-state index contributed by atoms with van der Waals surface area (Å²) in [5.41, 5.74) is 6.01. The molecule has 0 saturated heterocycles. The maximum Gasteiger partial charge on any atom is 0.0326 e. The van der Waals surface area contributed by atoms with Gasteiger partial charge >= 0.3 is 0 Å². The van der Waals surface area contributed by atoms with Crippen LogP contribution in [0.2, 0.25) is 0 Å². The first-order chi connectivity index (χ1) is 3.39. The Morgan fingerprint density at radius 3 is 2.14 bits per heavy atom. The van der Waals surface area contributed by atoms with Crippen molar-refractivity contribution in [2.75, 3.05) is 5.73 Å². The van der Waals surface area contributed by atoms with Crippen LogP contribution in [-0.2, 0) is 0 Å². The van der Waals surface area contributed by atoms with Crippen molar-refractivity contribution < 1.29 is 0 Å². The molecule has 0 aliphatic rings. The van der Waals surface area contributed by atoms with Gasteiger partial charge in [0.25, 0.3) is 0 Å². The normalized spacial score (nSPS) is 8.57. The van der Waals surface area contributed by atoms with E-state index in [9.17, 15) is 0 Å². The van der Waals surface area contributed by atoms with Crippen LogP contribution in [0.25, 0.3) is 0 Å². The summed E-state index contributed by atoms with van der Waals surface area (Å²) >= 11 is 0. The first-order valence-corrected chi connectivity index (χ1v) is 2.02. The predicted octanol–water partition coefficient (Wildman–Crippen LogP) is 0.869. The minimum absolute atomic E-state index is 0.711. The Morgan fingerprint density at radius 1 is 1.29 bits per heavy atom. The van der Waals surface area contributed by atoms with E-state index in [4.69, 9.17) is 5.73 Å². The van der Waals surface area contributed by atoms with Crippen molar-refractivity contribution in [3.05, 3.63) is 30.3 Å². The molecule has 1 heteroatoms. The molecular weight excluding hydrogens is 86.1 g/mol. The van der Waals surface area contributed by atoms with Crippen molar-refractivity contribution in [3.8, 4) is 0 Å². The zero-order chi connectivity index (χ0) is 5.11. The molecule has 0 saturated carbocycles. The summed E-state index contributed by atoms with van der Waals surface area (Å²) in [7, 11) is 0. The molecule has 0 bridgehead atoms. The SMILES string of the molecule is Nc1c[c]c[c]c1. The van der Waals surface area contributed by atoms with Crippen LogP contribution in [0.4, 0.5) is 5.69 Å². The molecule has 0 unspecified atom stereocenters. The lowest BCUT2D eigenvalue weighted by Crippen LogP contribution is -1.79. The second-order valence-corrected chi connectivity index (χ2v) is 1.27. The number of anilines is 1. The summed E-state index contributed by atoms with van der Waals surface area (Å²) < 4.78 is 0. The van der Waals surface area contributed by atoms with Crippen molar-refractivity contribution >= 4 is 5.69 Å². The van der Waals surface area contributed by atoms with Gasteiger partial charge in [-0.1, -0.05) is 0 Å². The standard InChI is InChI=1S/C6H5N/c7-6-4-2-1-3-5-6/h1,4-5H,7H2. The second-order valence-electron chi connectivity index (χ2n) is 1.27. The first kappa shape index (κ1) is 4.19. The lowest BCUT2D eigenvalue weighted by Gasteiger charge is -1.82. The van der Waals surface area contributed by atoms with Crippen LogP contribution in [0.15, 0.2) is 18.2 Å². The molecule has 7 heavy (non-hydrogen) atoms. The lowest BCUT2D eigenvalue weighted by atomic mass is 10.3. The van der Waals surface area contributed by atoms with Gasteiger partial charge in [0.2, 0.25) is 0 Å². The van der Waals surface area contributed by atoms with E-state index in [0.29, 0.717) is 5.69 Å². The number of nitrogen functional groups attached to an aromatic ring is 1. The van der Waals surface area contributed by atoms with E-state index < -0.39 is 0 Å². The van der Waals surface area contributed by atoms with Gasteiger partial charge in [0.05, 0.1) is 0 Å². The fraction of sp³-hybridized carbons (Fsp3) is 0. The van der Waals surface area contributed by atoms with Gasteiger partial charge in [0.1, 0.15) is 0 Å². The molecule has 0 amide bonds. The van der Waals surface area contributed by atoms with Gasteiger partial charge in [0, 0.05) is 5.69 Å². The highest BCUT2D eigenvalue weighted by atomic mass is 14.5. The molecule has 0 spiro atoms. The molecule has 0 fully saturated rings. The second kappa shape index (κ2) is 1.65. The molecular formula is C6H5N. The highest BCUT2D eigenvalue weighted by molar-refractivity contribution is 5.34. The van der Waals surface area contributed by atoms with Crippen molar-refractivity contribution in [2.45, 2.75) is 0 Å². The Kier molecular flexibility index (Phi) is 0.984. The van der Waals surface area contributed by atoms with E-state index in [0.717, 1.165) is 0 Å². The third kappa shape index (κ3) is 0.929. The average Bonchev–Trinajstić information content (AvgIpc) is 1.69. The Hall–Kier alpha value is -0.980. The van der Waals surface area contributed by atoms with Crippen LogP contribution in [0.1, 0.15) is 0 Å². The minimum atomic E-state index is 0.711. The summed E-state index contributed by atoms with van der Waals surface area (Å²) in [6.45, 7) is 0. The number of benzene rings is 1. The zero-order valence-corrected chi connectivity index (χ0v) is 3.81. The van der Waals surface area contributed by atoms with Gasteiger partial charge in [-0.15, -0.1) is 0 Å². The topological polar surface area (TPSA) is 26.0 Å². The first-order valence-electron chi connectivity index (χ1n) is 2.02. The highest BCUT2D eigenvalue weighted by Crippen LogP contribution is 1.94. The van der Waals surface area contributed by atoms with Crippen molar-refractivity contribution in [3.63, 3.8) is 0 Å². The molecule has 0 aliphatic carbocycles. The molecule has 1 rings (SSSR count). The van der Waals surface area contributed by atoms with Crippen LogP contribution in [-0.4, -0.2) is 0 Å². The number of rotatable bonds is 0. The largest absolute Gasteiger partial charge is 0.399 e. The maximum atomic E-state index is 5.30. The van der Waals surface area contributed by atoms with Gasteiger partial charge in [-0.3, -0.25) is 0 Å². The third-order valence-corrected chi connectivity index (χ3v) is 0.667. The Morgan fingerprint density at radius 2 is 1.86 bits per heavy atom. The molecule has 2 radical (unpaired) electrons. The summed E-state index contributed by atoms with van der Waals surface area (Å²) in [5.74, 6) is 0. The van der Waals surface area contributed by atoms with E-state index in [2.05, 4.69) is 12.1 Å². The number of hydrogen-bond donors (Lipinski definition) is 1. The van der Waals surface area contributed by atoms with E-state index >= 15 is 0 Å². The Bertz CT molecular complexity index is 134. The lowest BCUT2D eigenvalue weighted by molar-refractivity contribution is 1.66. The minimum Gasteiger partial charge on any atom is -0.399 e. The van der Waals surface area contributed by atoms with E-state index in [1.165, 1.54) is 0 Å². The van der Waals surface area contributed by atoms with Crippen LogP contribution in [0.5, 0.6) is 0 Å².